The molecule has 0 unspecified atom stereocenters. The molecule has 0 heterocycles. The topological polar surface area (TPSA) is 76.1 Å². The first kappa shape index (κ1) is 21.1. The van der Waals surface area contributed by atoms with E-state index in [0.717, 1.165) is 17.0 Å². The van der Waals surface area contributed by atoms with Crippen molar-refractivity contribution in [2.24, 2.45) is 0 Å². The zero-order valence-electron chi connectivity index (χ0n) is 15.1. The number of carbonyl (C=O) groups is 2. The molecule has 0 atom stereocenters. The second kappa shape index (κ2) is 8.64. The highest BCUT2D eigenvalue weighted by Crippen LogP contribution is 2.30. The largest absolute Gasteiger partial charge is 0.493 e. The summed E-state index contributed by atoms with van der Waals surface area (Å²) in [5.41, 5.74) is -0.304. The summed E-state index contributed by atoms with van der Waals surface area (Å²) in [7, 11) is 2.82. The molecule has 0 saturated carbocycles. The number of carboxylic acid groups (broad SMARTS) is 1. The summed E-state index contributed by atoms with van der Waals surface area (Å²) in [4.78, 5) is 24.9. The van der Waals surface area contributed by atoms with Crippen LogP contribution in [0.5, 0.6) is 11.5 Å². The third kappa shape index (κ3) is 5.15. The van der Waals surface area contributed by atoms with Crippen LogP contribution < -0.4 is 9.47 Å². The minimum Gasteiger partial charge on any atom is -0.493 e. The molecule has 1 amide bonds. The average molecular weight is 397 g/mol. The van der Waals surface area contributed by atoms with Crippen molar-refractivity contribution >= 4 is 11.9 Å². The van der Waals surface area contributed by atoms with Gasteiger partial charge in [-0.15, -0.1) is 0 Å². The molecule has 0 aliphatic heterocycles. The minimum atomic E-state index is -4.48. The predicted octanol–water partition coefficient (Wildman–Crippen LogP) is 3.45. The van der Waals surface area contributed by atoms with E-state index in [0.29, 0.717) is 11.3 Å². The molecule has 28 heavy (non-hydrogen) atoms. The van der Waals surface area contributed by atoms with Gasteiger partial charge in [-0.1, -0.05) is 12.1 Å². The van der Waals surface area contributed by atoms with E-state index in [4.69, 9.17) is 14.6 Å². The third-order valence-corrected chi connectivity index (χ3v) is 3.90. The van der Waals surface area contributed by atoms with Crippen molar-refractivity contribution in [3.63, 3.8) is 0 Å². The molecule has 9 heteroatoms. The average Bonchev–Trinajstić information content (AvgIpc) is 2.65. The summed E-state index contributed by atoms with van der Waals surface area (Å²) < 4.78 is 48.2. The lowest BCUT2D eigenvalue weighted by molar-refractivity contribution is -0.138. The Kier molecular flexibility index (Phi) is 6.50. The molecule has 2 rings (SSSR count). The molecule has 0 saturated heterocycles. The van der Waals surface area contributed by atoms with E-state index < -0.39 is 30.2 Å². The fourth-order valence-corrected chi connectivity index (χ4v) is 2.53. The molecular weight excluding hydrogens is 379 g/mol. The van der Waals surface area contributed by atoms with Gasteiger partial charge in [0.05, 0.1) is 19.8 Å². The van der Waals surface area contributed by atoms with Gasteiger partial charge >= 0.3 is 12.1 Å². The Morgan fingerprint density at radius 2 is 1.61 bits per heavy atom. The second-order valence-electron chi connectivity index (χ2n) is 5.82. The van der Waals surface area contributed by atoms with Crippen molar-refractivity contribution in [2.45, 2.75) is 12.7 Å². The summed E-state index contributed by atoms with van der Waals surface area (Å²) in [6, 6.07) is 8.54. The summed E-state index contributed by atoms with van der Waals surface area (Å²) in [6.45, 7) is -0.786. The number of methoxy groups -OCH3 is 2. The second-order valence-corrected chi connectivity index (χ2v) is 5.82. The van der Waals surface area contributed by atoms with Crippen molar-refractivity contribution in [3.8, 4) is 11.5 Å². The Hall–Kier alpha value is -3.23. The molecule has 0 spiro atoms. The summed E-state index contributed by atoms with van der Waals surface area (Å²) in [6.07, 6.45) is -4.48. The number of amides is 1. The molecule has 2 aromatic rings. The number of halogens is 3. The normalized spacial score (nSPS) is 11.0. The van der Waals surface area contributed by atoms with Crippen molar-refractivity contribution < 1.29 is 37.3 Å². The molecule has 0 aromatic heterocycles. The summed E-state index contributed by atoms with van der Waals surface area (Å²) >= 11 is 0. The Balaban J connectivity index is 2.28. The molecule has 150 valence electrons. The Labute approximate surface area is 159 Å². The van der Waals surface area contributed by atoms with Crippen LogP contribution in [0.1, 0.15) is 21.5 Å². The molecule has 1 N–H and O–H groups in total. The molecule has 0 fully saturated rings. The Bertz CT molecular complexity index is 850. The molecular formula is C19H18F3NO5. The van der Waals surface area contributed by atoms with Gasteiger partial charge in [0.1, 0.15) is 6.54 Å². The van der Waals surface area contributed by atoms with Crippen LogP contribution in [0.4, 0.5) is 13.2 Å². The van der Waals surface area contributed by atoms with E-state index in [9.17, 15) is 22.8 Å². The number of ether oxygens (including phenoxy) is 2. The van der Waals surface area contributed by atoms with Gasteiger partial charge in [-0.3, -0.25) is 9.59 Å². The maximum Gasteiger partial charge on any atom is 0.416 e. The fraction of sp³-hybridized carbons (Fsp3) is 0.263. The summed E-state index contributed by atoms with van der Waals surface area (Å²) in [5, 5.41) is 9.10. The number of benzene rings is 2. The molecule has 2 aromatic carbocycles. The van der Waals surface area contributed by atoms with Crippen molar-refractivity contribution in [3.05, 3.63) is 59.2 Å². The van der Waals surface area contributed by atoms with Crippen LogP contribution in [0.25, 0.3) is 0 Å². The Morgan fingerprint density at radius 1 is 1.00 bits per heavy atom. The van der Waals surface area contributed by atoms with Crippen LogP contribution >= 0.6 is 0 Å². The van der Waals surface area contributed by atoms with Crippen LogP contribution in [-0.2, 0) is 17.5 Å². The lowest BCUT2D eigenvalue weighted by Crippen LogP contribution is -2.35. The molecule has 0 aliphatic carbocycles. The first-order valence-electron chi connectivity index (χ1n) is 8.05. The summed E-state index contributed by atoms with van der Waals surface area (Å²) in [5.74, 6) is -1.17. The highest BCUT2D eigenvalue weighted by molar-refractivity contribution is 5.96. The van der Waals surface area contributed by atoms with Gasteiger partial charge in [-0.2, -0.15) is 13.2 Å². The number of hydrogen-bond donors (Lipinski definition) is 1. The SMILES string of the molecule is COc1ccc(C(=O)N(CC(=O)O)Cc2ccc(C(F)(F)F)cc2)cc1OC. The molecule has 0 aliphatic rings. The van der Waals surface area contributed by atoms with Gasteiger partial charge in [0.2, 0.25) is 0 Å². The lowest BCUT2D eigenvalue weighted by atomic mass is 10.1. The van der Waals surface area contributed by atoms with Crippen LogP contribution in [-0.4, -0.2) is 42.6 Å². The van der Waals surface area contributed by atoms with Crippen molar-refractivity contribution in [2.75, 3.05) is 20.8 Å². The van der Waals surface area contributed by atoms with Crippen LogP contribution in [0.15, 0.2) is 42.5 Å². The molecule has 6 nitrogen and oxygen atoms in total. The van der Waals surface area contributed by atoms with Gasteiger partial charge in [-0.25, -0.2) is 0 Å². The first-order valence-corrected chi connectivity index (χ1v) is 8.05. The van der Waals surface area contributed by atoms with Gasteiger partial charge in [0, 0.05) is 12.1 Å². The van der Waals surface area contributed by atoms with E-state index in [-0.39, 0.29) is 17.9 Å². The number of alkyl halides is 3. The molecule has 0 bridgehead atoms. The van der Waals surface area contributed by atoms with Crippen LogP contribution in [0.3, 0.4) is 0 Å². The van der Waals surface area contributed by atoms with Gasteiger partial charge in [0.25, 0.3) is 5.91 Å². The monoisotopic (exact) mass is 397 g/mol. The minimum absolute atomic E-state index is 0.158. The third-order valence-electron chi connectivity index (χ3n) is 3.90. The van der Waals surface area contributed by atoms with E-state index in [1.54, 1.807) is 0 Å². The number of hydrogen-bond acceptors (Lipinski definition) is 4. The number of rotatable bonds is 7. The number of carbonyl (C=O) groups excluding carboxylic acids is 1. The van der Waals surface area contributed by atoms with E-state index in [2.05, 4.69) is 0 Å². The smallest absolute Gasteiger partial charge is 0.416 e. The molecule has 0 radical (unpaired) electrons. The number of nitrogens with zero attached hydrogens (tertiary/aromatic N) is 1. The fourth-order valence-electron chi connectivity index (χ4n) is 2.53. The standard InChI is InChI=1S/C19H18F3NO5/c1-27-15-8-5-13(9-16(15)28-2)18(26)23(11-17(24)25)10-12-3-6-14(7-4-12)19(20,21)22/h3-9H,10-11H2,1-2H3,(H,24,25). The number of aliphatic carboxylic acids is 1. The highest BCUT2D eigenvalue weighted by atomic mass is 19.4. The zero-order valence-corrected chi connectivity index (χ0v) is 15.1. The van der Waals surface area contributed by atoms with Crippen LogP contribution in [0.2, 0.25) is 0 Å². The van der Waals surface area contributed by atoms with Crippen molar-refractivity contribution in [1.82, 2.24) is 4.90 Å². The number of carboxylic acids is 1. The van der Waals surface area contributed by atoms with E-state index >= 15 is 0 Å². The quantitative estimate of drug-likeness (QED) is 0.775. The van der Waals surface area contributed by atoms with Gasteiger partial charge in [0.15, 0.2) is 11.5 Å². The van der Waals surface area contributed by atoms with Crippen molar-refractivity contribution in [1.29, 1.82) is 0 Å². The Morgan fingerprint density at radius 3 is 2.11 bits per heavy atom. The van der Waals surface area contributed by atoms with Gasteiger partial charge < -0.3 is 19.5 Å². The van der Waals surface area contributed by atoms with Gasteiger partial charge in [-0.05, 0) is 35.9 Å². The van der Waals surface area contributed by atoms with E-state index in [1.807, 2.05) is 0 Å². The lowest BCUT2D eigenvalue weighted by Gasteiger charge is -2.22. The van der Waals surface area contributed by atoms with E-state index in [1.165, 1.54) is 44.6 Å². The maximum atomic E-state index is 12.8. The zero-order chi connectivity index (χ0) is 20.9. The maximum absolute atomic E-state index is 12.8. The van der Waals surface area contributed by atoms with Crippen LogP contribution in [0, 0.1) is 0 Å². The predicted molar refractivity (Wildman–Crippen MR) is 93.4 cm³/mol. The highest BCUT2D eigenvalue weighted by Gasteiger charge is 2.30. The first-order chi connectivity index (χ1) is 13.2.